The lowest BCUT2D eigenvalue weighted by Crippen LogP contribution is -2.42. The van der Waals surface area contributed by atoms with E-state index in [0.717, 1.165) is 0 Å². The molecule has 1 amide bonds. The van der Waals surface area contributed by atoms with Gasteiger partial charge < -0.3 is 19.1 Å². The summed E-state index contributed by atoms with van der Waals surface area (Å²) in [6, 6.07) is 0. The number of hydrogen-bond donors (Lipinski definition) is 0. The first-order valence-corrected chi connectivity index (χ1v) is 4.69. The number of carbonyl (C=O) groups is 1. The molecule has 0 saturated carbocycles. The number of ether oxygens (including phenoxy) is 3. The summed E-state index contributed by atoms with van der Waals surface area (Å²) in [6.45, 7) is 2.57. The summed E-state index contributed by atoms with van der Waals surface area (Å²) >= 11 is 0. The number of nitrogens with zero attached hydrogens (tertiary/aromatic N) is 1. The fraction of sp³-hybridized carbons (Fsp3) is 0.889. The lowest BCUT2D eigenvalue weighted by molar-refractivity contribution is -0.151. The normalized spacial score (nSPS) is 17.5. The van der Waals surface area contributed by atoms with Crippen LogP contribution < -0.4 is 0 Å². The Morgan fingerprint density at radius 3 is 2.43 bits per heavy atom. The Kier molecular flexibility index (Phi) is 4.86. The summed E-state index contributed by atoms with van der Waals surface area (Å²) in [5, 5.41) is 0. The number of hydrogen-bond acceptors (Lipinski definition) is 4. The van der Waals surface area contributed by atoms with Crippen molar-refractivity contribution in [2.45, 2.75) is 12.7 Å². The van der Waals surface area contributed by atoms with Crippen LogP contribution in [0.1, 0.15) is 6.42 Å². The van der Waals surface area contributed by atoms with Crippen LogP contribution in [-0.2, 0) is 19.0 Å². The predicted molar refractivity (Wildman–Crippen MR) is 49.8 cm³/mol. The largest absolute Gasteiger partial charge is 0.378 e. The zero-order valence-corrected chi connectivity index (χ0v) is 8.69. The van der Waals surface area contributed by atoms with Gasteiger partial charge in [-0.1, -0.05) is 0 Å². The average molecular weight is 203 g/mol. The first-order valence-electron chi connectivity index (χ1n) is 4.69. The molecule has 1 fully saturated rings. The molecule has 0 atom stereocenters. The molecule has 0 unspecified atom stereocenters. The highest BCUT2D eigenvalue weighted by molar-refractivity contribution is 5.76. The molecule has 1 aliphatic rings. The van der Waals surface area contributed by atoms with Gasteiger partial charge >= 0.3 is 0 Å². The molecule has 5 heteroatoms. The molecule has 0 bridgehead atoms. The van der Waals surface area contributed by atoms with E-state index in [1.807, 2.05) is 0 Å². The molecular weight excluding hydrogens is 186 g/mol. The molecule has 14 heavy (non-hydrogen) atoms. The Bertz CT molecular complexity index is 176. The second-order valence-corrected chi connectivity index (χ2v) is 3.10. The van der Waals surface area contributed by atoms with Gasteiger partial charge in [0, 0.05) is 27.3 Å². The Hall–Kier alpha value is -0.650. The number of methoxy groups -OCH3 is 2. The molecule has 82 valence electrons. The topological polar surface area (TPSA) is 48.0 Å². The van der Waals surface area contributed by atoms with Crippen LogP contribution in [0.5, 0.6) is 0 Å². The van der Waals surface area contributed by atoms with Crippen molar-refractivity contribution in [3.63, 3.8) is 0 Å². The van der Waals surface area contributed by atoms with Crippen LogP contribution in [0, 0.1) is 0 Å². The minimum atomic E-state index is -0.439. The highest BCUT2D eigenvalue weighted by atomic mass is 16.7. The molecule has 1 saturated heterocycles. The summed E-state index contributed by atoms with van der Waals surface area (Å²) in [7, 11) is 3.06. The van der Waals surface area contributed by atoms with Crippen LogP contribution in [0.4, 0.5) is 0 Å². The van der Waals surface area contributed by atoms with Gasteiger partial charge in [0.15, 0.2) is 6.29 Å². The Balaban J connectivity index is 2.32. The highest BCUT2D eigenvalue weighted by Gasteiger charge is 2.20. The van der Waals surface area contributed by atoms with Crippen molar-refractivity contribution in [2.24, 2.45) is 0 Å². The quantitative estimate of drug-likeness (QED) is 0.596. The van der Waals surface area contributed by atoms with E-state index in [4.69, 9.17) is 14.2 Å². The maximum atomic E-state index is 11.6. The average Bonchev–Trinajstić information content (AvgIpc) is 2.26. The van der Waals surface area contributed by atoms with Crippen molar-refractivity contribution in [3.05, 3.63) is 0 Å². The van der Waals surface area contributed by atoms with Gasteiger partial charge in [-0.15, -0.1) is 0 Å². The number of rotatable bonds is 4. The smallest absolute Gasteiger partial charge is 0.227 e. The summed E-state index contributed by atoms with van der Waals surface area (Å²) in [5.74, 6) is 0.0574. The van der Waals surface area contributed by atoms with E-state index in [1.54, 1.807) is 4.90 Å². The number of amides is 1. The first-order chi connectivity index (χ1) is 6.77. The molecule has 0 N–H and O–H groups in total. The van der Waals surface area contributed by atoms with Crippen LogP contribution in [0.2, 0.25) is 0 Å². The van der Waals surface area contributed by atoms with Crippen LogP contribution in [-0.4, -0.2) is 57.6 Å². The summed E-state index contributed by atoms with van der Waals surface area (Å²) in [5.41, 5.74) is 0. The molecule has 0 radical (unpaired) electrons. The Morgan fingerprint density at radius 1 is 1.36 bits per heavy atom. The van der Waals surface area contributed by atoms with E-state index in [2.05, 4.69) is 0 Å². The highest BCUT2D eigenvalue weighted by Crippen LogP contribution is 2.05. The molecule has 1 rings (SSSR count). The lowest BCUT2D eigenvalue weighted by atomic mass is 10.3. The van der Waals surface area contributed by atoms with Gasteiger partial charge in [0.25, 0.3) is 0 Å². The maximum Gasteiger partial charge on any atom is 0.227 e. The van der Waals surface area contributed by atoms with Crippen molar-refractivity contribution in [2.75, 3.05) is 40.5 Å². The first kappa shape index (κ1) is 11.4. The third-order valence-electron chi connectivity index (χ3n) is 2.23. The van der Waals surface area contributed by atoms with Crippen LogP contribution in [0.3, 0.4) is 0 Å². The molecule has 0 aliphatic carbocycles. The molecule has 5 nitrogen and oxygen atoms in total. The predicted octanol–water partition coefficient (Wildman–Crippen LogP) is -0.146. The standard InChI is InChI=1S/C9H17NO4/c1-12-9(13-2)7-8(11)10-3-5-14-6-4-10/h9H,3-7H2,1-2H3. The fourth-order valence-electron chi connectivity index (χ4n) is 1.35. The van der Waals surface area contributed by atoms with Gasteiger partial charge in [0.2, 0.25) is 5.91 Å². The van der Waals surface area contributed by atoms with E-state index in [9.17, 15) is 4.79 Å². The summed E-state index contributed by atoms with van der Waals surface area (Å²) < 4.78 is 15.1. The van der Waals surface area contributed by atoms with Gasteiger partial charge in [-0.3, -0.25) is 4.79 Å². The van der Waals surface area contributed by atoms with Crippen molar-refractivity contribution in [1.82, 2.24) is 4.90 Å². The molecule has 0 spiro atoms. The summed E-state index contributed by atoms with van der Waals surface area (Å²) in [6.07, 6.45) is -0.169. The third-order valence-corrected chi connectivity index (χ3v) is 2.23. The zero-order valence-electron chi connectivity index (χ0n) is 8.69. The Morgan fingerprint density at radius 2 is 1.93 bits per heavy atom. The van der Waals surface area contributed by atoms with Gasteiger partial charge in [0.05, 0.1) is 19.6 Å². The molecular formula is C9H17NO4. The second-order valence-electron chi connectivity index (χ2n) is 3.10. The van der Waals surface area contributed by atoms with Crippen molar-refractivity contribution < 1.29 is 19.0 Å². The minimum Gasteiger partial charge on any atom is -0.378 e. The minimum absolute atomic E-state index is 0.0574. The number of morpholine rings is 1. The van der Waals surface area contributed by atoms with E-state index in [-0.39, 0.29) is 12.3 Å². The van der Waals surface area contributed by atoms with E-state index in [0.29, 0.717) is 26.3 Å². The Labute approximate surface area is 83.9 Å². The number of carbonyl (C=O) groups excluding carboxylic acids is 1. The van der Waals surface area contributed by atoms with E-state index >= 15 is 0 Å². The van der Waals surface area contributed by atoms with Crippen LogP contribution in [0.25, 0.3) is 0 Å². The second kappa shape index (κ2) is 5.95. The van der Waals surface area contributed by atoms with Crippen molar-refractivity contribution >= 4 is 5.91 Å². The van der Waals surface area contributed by atoms with Crippen molar-refractivity contribution in [3.8, 4) is 0 Å². The molecule has 0 aromatic heterocycles. The van der Waals surface area contributed by atoms with Crippen molar-refractivity contribution in [1.29, 1.82) is 0 Å². The summed E-state index contributed by atoms with van der Waals surface area (Å²) in [4.78, 5) is 13.4. The maximum absolute atomic E-state index is 11.6. The molecule has 1 aliphatic heterocycles. The third kappa shape index (κ3) is 3.25. The molecule has 1 heterocycles. The monoisotopic (exact) mass is 203 g/mol. The van der Waals surface area contributed by atoms with Gasteiger partial charge in [-0.05, 0) is 0 Å². The SMILES string of the molecule is COC(CC(=O)N1CCOCC1)OC. The van der Waals surface area contributed by atoms with Gasteiger partial charge in [-0.25, -0.2) is 0 Å². The lowest BCUT2D eigenvalue weighted by Gasteiger charge is -2.27. The van der Waals surface area contributed by atoms with Gasteiger partial charge in [0.1, 0.15) is 0 Å². The van der Waals surface area contributed by atoms with E-state index in [1.165, 1.54) is 14.2 Å². The van der Waals surface area contributed by atoms with E-state index < -0.39 is 6.29 Å². The zero-order chi connectivity index (χ0) is 10.4. The van der Waals surface area contributed by atoms with Crippen LogP contribution in [0.15, 0.2) is 0 Å². The van der Waals surface area contributed by atoms with Crippen LogP contribution >= 0.6 is 0 Å². The molecule has 0 aromatic carbocycles. The fourth-order valence-corrected chi connectivity index (χ4v) is 1.35. The molecule has 0 aromatic rings. The van der Waals surface area contributed by atoms with Gasteiger partial charge in [-0.2, -0.15) is 0 Å².